The highest BCUT2D eigenvalue weighted by Crippen LogP contribution is 2.34. The number of imide groups is 2. The molecule has 166 valence electrons. The van der Waals surface area contributed by atoms with Gasteiger partial charge in [-0.05, 0) is 47.5 Å². The molecule has 8 heteroatoms. The quantitative estimate of drug-likeness (QED) is 0.326. The number of nitrogens with zero attached hydrogens (tertiary/aromatic N) is 1. The van der Waals surface area contributed by atoms with Gasteiger partial charge in [-0.25, -0.2) is 9.69 Å². The van der Waals surface area contributed by atoms with E-state index in [1.807, 2.05) is 30.3 Å². The van der Waals surface area contributed by atoms with E-state index in [0.29, 0.717) is 23.4 Å². The van der Waals surface area contributed by atoms with Gasteiger partial charge in [-0.3, -0.25) is 14.9 Å². The predicted molar refractivity (Wildman–Crippen MR) is 133 cm³/mol. The second kappa shape index (κ2) is 9.72. The zero-order valence-corrected chi connectivity index (χ0v) is 20.6. The smallest absolute Gasteiger partial charge is 0.335 e. The number of para-hydroxylation sites is 1. The first-order valence-electron chi connectivity index (χ1n) is 9.95. The predicted octanol–water partition coefficient (Wildman–Crippen LogP) is 5.48. The van der Waals surface area contributed by atoms with Gasteiger partial charge in [-0.2, -0.15) is 0 Å². The second-order valence-corrected chi connectivity index (χ2v) is 8.95. The van der Waals surface area contributed by atoms with Crippen LogP contribution in [0.15, 0.2) is 81.2 Å². The monoisotopic (exact) mass is 568 g/mol. The Hall–Kier alpha value is -3.23. The van der Waals surface area contributed by atoms with Gasteiger partial charge in [0.25, 0.3) is 11.8 Å². The summed E-state index contributed by atoms with van der Waals surface area (Å²) in [5, 5.41) is 2.23. The van der Waals surface area contributed by atoms with Crippen molar-refractivity contribution < 1.29 is 19.1 Å². The van der Waals surface area contributed by atoms with Crippen molar-refractivity contribution in [1.29, 1.82) is 0 Å². The zero-order chi connectivity index (χ0) is 23.5. The zero-order valence-electron chi connectivity index (χ0n) is 17.5. The number of halogens is 2. The average Bonchev–Trinajstić information content (AvgIpc) is 2.80. The van der Waals surface area contributed by atoms with Gasteiger partial charge in [-0.1, -0.05) is 68.3 Å². The minimum atomic E-state index is -0.782. The highest BCUT2D eigenvalue weighted by atomic mass is 79.9. The highest BCUT2D eigenvalue weighted by Gasteiger charge is 2.36. The molecule has 4 rings (SSSR count). The Balaban J connectivity index is 1.71. The summed E-state index contributed by atoms with van der Waals surface area (Å²) in [6.07, 6.45) is 2.06. The Morgan fingerprint density at radius 1 is 0.939 bits per heavy atom. The first kappa shape index (κ1) is 22.9. The number of amides is 4. The number of ether oxygens (including phenoxy) is 1. The number of hydrogen-bond acceptors (Lipinski definition) is 4. The summed E-state index contributed by atoms with van der Waals surface area (Å²) in [4.78, 5) is 38.8. The van der Waals surface area contributed by atoms with E-state index in [0.717, 1.165) is 25.0 Å². The molecule has 4 amide bonds. The summed E-state index contributed by atoms with van der Waals surface area (Å²) in [5.41, 5.74) is 2.82. The maximum atomic E-state index is 13.1. The first-order chi connectivity index (χ1) is 15.9. The molecule has 3 aromatic rings. The molecule has 0 aromatic heterocycles. The topological polar surface area (TPSA) is 75.7 Å². The molecule has 0 saturated carbocycles. The Bertz CT molecular complexity index is 1290. The van der Waals surface area contributed by atoms with Crippen LogP contribution in [0, 0.1) is 0 Å². The van der Waals surface area contributed by atoms with E-state index in [9.17, 15) is 14.4 Å². The van der Waals surface area contributed by atoms with E-state index in [4.69, 9.17) is 4.74 Å². The van der Waals surface area contributed by atoms with Gasteiger partial charge < -0.3 is 4.74 Å². The molecule has 6 nitrogen and oxygen atoms in total. The second-order valence-electron chi connectivity index (χ2n) is 7.25. The van der Waals surface area contributed by atoms with E-state index in [2.05, 4.69) is 37.2 Å². The first-order valence-corrected chi connectivity index (χ1v) is 11.5. The van der Waals surface area contributed by atoms with Crippen molar-refractivity contribution >= 4 is 61.5 Å². The van der Waals surface area contributed by atoms with Crippen molar-refractivity contribution in [3.8, 4) is 5.75 Å². The molecule has 33 heavy (non-hydrogen) atoms. The van der Waals surface area contributed by atoms with Crippen molar-refractivity contribution in [2.75, 3.05) is 12.0 Å². The molecule has 1 fully saturated rings. The number of urea groups is 1. The summed E-state index contributed by atoms with van der Waals surface area (Å²) in [6, 6.07) is 19.1. The number of anilines is 1. The Morgan fingerprint density at radius 2 is 1.64 bits per heavy atom. The molecule has 3 aromatic carbocycles. The fourth-order valence-corrected chi connectivity index (χ4v) is 4.56. The van der Waals surface area contributed by atoms with E-state index < -0.39 is 17.8 Å². The molecule has 0 unspecified atom stereocenters. The van der Waals surface area contributed by atoms with E-state index >= 15 is 0 Å². The lowest BCUT2D eigenvalue weighted by molar-refractivity contribution is -0.122. The summed E-state index contributed by atoms with van der Waals surface area (Å²) >= 11 is 7.17. The summed E-state index contributed by atoms with van der Waals surface area (Å²) < 4.78 is 7.36. The minimum Gasteiger partial charge on any atom is -0.496 e. The van der Waals surface area contributed by atoms with Crippen LogP contribution in [-0.4, -0.2) is 25.0 Å². The number of carbonyl (C=O) groups is 3. The minimum absolute atomic E-state index is 0.147. The number of rotatable bonds is 5. The lowest BCUT2D eigenvalue weighted by Gasteiger charge is -2.26. The SMILES string of the molecule is COc1cc(/C=C2\C(=O)NC(=O)N(c3ccccc3)C2=O)cc(Br)c1Cc1ccccc1Br. The lowest BCUT2D eigenvalue weighted by Crippen LogP contribution is -2.54. The van der Waals surface area contributed by atoms with Crippen LogP contribution in [0.1, 0.15) is 16.7 Å². The molecule has 1 aliphatic heterocycles. The van der Waals surface area contributed by atoms with Gasteiger partial charge in [0, 0.05) is 20.9 Å². The van der Waals surface area contributed by atoms with Crippen molar-refractivity contribution in [2.24, 2.45) is 0 Å². The Labute approximate surface area is 207 Å². The van der Waals surface area contributed by atoms with Crippen molar-refractivity contribution in [3.63, 3.8) is 0 Å². The number of methoxy groups -OCH3 is 1. The fourth-order valence-electron chi connectivity index (χ4n) is 3.54. The molecular weight excluding hydrogens is 552 g/mol. The Morgan fingerprint density at radius 3 is 2.33 bits per heavy atom. The van der Waals surface area contributed by atoms with Gasteiger partial charge in [0.15, 0.2) is 0 Å². The number of benzene rings is 3. The van der Waals surface area contributed by atoms with Crippen molar-refractivity contribution in [3.05, 3.63) is 97.9 Å². The molecule has 0 spiro atoms. The highest BCUT2D eigenvalue weighted by molar-refractivity contribution is 9.10. The number of barbiturate groups is 1. The van der Waals surface area contributed by atoms with Crippen LogP contribution in [0.3, 0.4) is 0 Å². The number of hydrogen-bond donors (Lipinski definition) is 1. The Kier molecular flexibility index (Phi) is 6.76. The third-order valence-electron chi connectivity index (χ3n) is 5.15. The molecule has 1 N–H and O–H groups in total. The van der Waals surface area contributed by atoms with Gasteiger partial charge >= 0.3 is 6.03 Å². The molecule has 0 aliphatic carbocycles. The molecule has 1 aliphatic rings. The summed E-state index contributed by atoms with van der Waals surface area (Å²) in [7, 11) is 1.57. The number of nitrogens with one attached hydrogen (secondary N) is 1. The van der Waals surface area contributed by atoms with Gasteiger partial charge in [0.1, 0.15) is 11.3 Å². The fraction of sp³-hybridized carbons (Fsp3) is 0.0800. The molecule has 1 saturated heterocycles. The van der Waals surface area contributed by atoms with Crippen molar-refractivity contribution in [1.82, 2.24) is 5.32 Å². The van der Waals surface area contributed by atoms with Crippen LogP contribution < -0.4 is 15.0 Å². The normalized spacial score (nSPS) is 15.1. The van der Waals surface area contributed by atoms with Crippen LogP contribution >= 0.6 is 31.9 Å². The maximum Gasteiger partial charge on any atom is 0.335 e. The van der Waals surface area contributed by atoms with Gasteiger partial charge in [0.2, 0.25) is 0 Å². The summed E-state index contributed by atoms with van der Waals surface area (Å²) in [6.45, 7) is 0. The third kappa shape index (κ3) is 4.77. The van der Waals surface area contributed by atoms with Crippen LogP contribution in [-0.2, 0) is 16.0 Å². The van der Waals surface area contributed by atoms with E-state index in [1.54, 1.807) is 43.5 Å². The van der Waals surface area contributed by atoms with E-state index in [-0.39, 0.29) is 5.57 Å². The van der Waals surface area contributed by atoms with Crippen LogP contribution in [0.2, 0.25) is 0 Å². The largest absolute Gasteiger partial charge is 0.496 e. The van der Waals surface area contributed by atoms with Crippen LogP contribution in [0.25, 0.3) is 6.08 Å². The summed E-state index contributed by atoms with van der Waals surface area (Å²) in [5.74, 6) is -0.835. The van der Waals surface area contributed by atoms with Gasteiger partial charge in [0.05, 0.1) is 12.8 Å². The maximum absolute atomic E-state index is 13.1. The van der Waals surface area contributed by atoms with Crippen LogP contribution in [0.4, 0.5) is 10.5 Å². The average molecular weight is 570 g/mol. The molecule has 0 radical (unpaired) electrons. The number of carbonyl (C=O) groups excluding carboxylic acids is 3. The lowest BCUT2D eigenvalue weighted by atomic mass is 10.0. The molecule has 1 heterocycles. The third-order valence-corrected chi connectivity index (χ3v) is 6.63. The van der Waals surface area contributed by atoms with Crippen LogP contribution in [0.5, 0.6) is 5.75 Å². The molecule has 0 bridgehead atoms. The van der Waals surface area contributed by atoms with Crippen molar-refractivity contribution in [2.45, 2.75) is 6.42 Å². The van der Waals surface area contributed by atoms with E-state index in [1.165, 1.54) is 6.08 Å². The standard InChI is InChI=1S/C25H18Br2N2O4/c1-33-22-13-15(12-21(27)18(22)14-16-7-5-6-10-20(16)26)11-19-23(30)28-25(32)29(24(19)31)17-8-3-2-4-9-17/h2-13H,14H2,1H3,(H,28,30,32)/b19-11+. The molecule has 0 atom stereocenters. The van der Waals surface area contributed by atoms with Gasteiger partial charge in [-0.15, -0.1) is 0 Å². The molecular formula is C25H18Br2N2O4.